The minimum Gasteiger partial charge on any atom is -0.451 e. The zero-order valence-corrected chi connectivity index (χ0v) is 24.5. The highest BCUT2D eigenvalue weighted by Crippen LogP contribution is 2.36. The van der Waals surface area contributed by atoms with Crippen LogP contribution in [0, 0.1) is 0 Å². The van der Waals surface area contributed by atoms with Crippen molar-refractivity contribution < 1.29 is 14.3 Å². The number of carbonyl (C=O) groups is 1. The summed E-state index contributed by atoms with van der Waals surface area (Å²) in [4.78, 5) is 24.8. The molecule has 1 fully saturated rings. The molecular weight excluding hydrogens is 542 g/mol. The van der Waals surface area contributed by atoms with Gasteiger partial charge in [-0.2, -0.15) is 5.10 Å². The summed E-state index contributed by atoms with van der Waals surface area (Å²) >= 11 is 0. The number of aliphatic imine (C=N–C) groups is 1. The molecule has 43 heavy (non-hydrogen) atoms. The number of fused-ring (bicyclic) bond motifs is 2. The number of amides is 1. The fourth-order valence-electron chi connectivity index (χ4n) is 4.75. The van der Waals surface area contributed by atoms with Crippen LogP contribution < -0.4 is 11.1 Å². The maximum absolute atomic E-state index is 12.5. The van der Waals surface area contributed by atoms with Crippen LogP contribution >= 0.6 is 0 Å². The number of aromatic nitrogens is 4. The highest BCUT2D eigenvalue weighted by atomic mass is 16.3. The highest BCUT2D eigenvalue weighted by molar-refractivity contribution is 5.98. The van der Waals surface area contributed by atoms with Crippen LogP contribution in [-0.4, -0.2) is 50.1 Å². The van der Waals surface area contributed by atoms with Crippen LogP contribution in [0.5, 0.6) is 0 Å². The van der Waals surface area contributed by atoms with Gasteiger partial charge < -0.3 is 25.6 Å². The van der Waals surface area contributed by atoms with Crippen molar-refractivity contribution in [1.29, 1.82) is 0 Å². The summed E-state index contributed by atoms with van der Waals surface area (Å²) in [5.74, 6) is 0.392. The van der Waals surface area contributed by atoms with Crippen LogP contribution in [-0.2, 0) is 6.54 Å². The standard InChI is InChI=1S/C26H24N6O3.C4H6.C3H7N/c27-24-22-23(31-32(25(22)30-14-29-24)18-9-10-19(33)12-18)16-7-5-15(6-8-16)13-28-26(34)21-11-17-3-1-2-4-20(17)35-21;2*1-3-4-2/h1-8,11,14,18-19,33H,9-10,12-13H2,(H,28,34)(H2,27,29,30);3-4H,1-2H2;3H,1-2H3. The summed E-state index contributed by atoms with van der Waals surface area (Å²) in [6.45, 7) is 8.97. The van der Waals surface area contributed by atoms with Gasteiger partial charge in [-0.05, 0) is 50.1 Å². The van der Waals surface area contributed by atoms with Gasteiger partial charge in [-0.3, -0.25) is 4.79 Å². The molecular formula is C33H37N7O3. The Kier molecular flexibility index (Phi) is 10.5. The number of aliphatic hydroxyl groups excluding tert-OH is 1. The third kappa shape index (κ3) is 7.41. The summed E-state index contributed by atoms with van der Waals surface area (Å²) in [7, 11) is 1.75. The topological polar surface area (TPSA) is 144 Å². The number of anilines is 1. The first-order chi connectivity index (χ1) is 20.9. The molecule has 10 nitrogen and oxygen atoms in total. The van der Waals surface area contributed by atoms with E-state index in [0.717, 1.165) is 29.4 Å². The summed E-state index contributed by atoms with van der Waals surface area (Å²) in [5, 5.41) is 19.4. The zero-order chi connectivity index (χ0) is 30.8. The lowest BCUT2D eigenvalue weighted by Crippen LogP contribution is -2.22. The minimum atomic E-state index is -0.323. The van der Waals surface area contributed by atoms with Gasteiger partial charge in [0.15, 0.2) is 11.4 Å². The van der Waals surface area contributed by atoms with Crippen LogP contribution in [0.4, 0.5) is 5.82 Å². The van der Waals surface area contributed by atoms with Gasteiger partial charge in [-0.25, -0.2) is 14.6 Å². The number of nitrogen functional groups attached to an aromatic ring is 1. The number of nitrogens with two attached hydrogens (primary N) is 1. The molecule has 3 aromatic heterocycles. The number of nitrogens with zero attached hydrogens (tertiary/aromatic N) is 5. The number of aliphatic hydroxyl groups is 1. The Hall–Kier alpha value is -5.09. The predicted octanol–water partition coefficient (Wildman–Crippen LogP) is 5.90. The molecule has 0 saturated heterocycles. The second kappa shape index (κ2) is 14.7. The van der Waals surface area contributed by atoms with Gasteiger partial charge in [-0.1, -0.05) is 67.8 Å². The zero-order valence-electron chi connectivity index (χ0n) is 24.5. The Morgan fingerprint density at radius 1 is 1.16 bits per heavy atom. The fraction of sp³-hybridized carbons (Fsp3) is 0.242. The van der Waals surface area contributed by atoms with E-state index in [1.807, 2.05) is 60.1 Å². The molecule has 2 atom stereocenters. The summed E-state index contributed by atoms with van der Waals surface area (Å²) in [6, 6.07) is 17.1. The Balaban J connectivity index is 0.000000474. The lowest BCUT2D eigenvalue weighted by atomic mass is 10.1. The first-order valence-electron chi connectivity index (χ1n) is 14.0. The lowest BCUT2D eigenvalue weighted by Gasteiger charge is -2.10. The molecule has 6 rings (SSSR count). The van der Waals surface area contributed by atoms with E-state index >= 15 is 0 Å². The van der Waals surface area contributed by atoms with Crippen LogP contribution in [0.2, 0.25) is 0 Å². The van der Waals surface area contributed by atoms with Gasteiger partial charge in [-0.15, -0.1) is 0 Å². The largest absolute Gasteiger partial charge is 0.451 e. The van der Waals surface area contributed by atoms with Gasteiger partial charge in [0.25, 0.3) is 5.91 Å². The number of hydrogen-bond acceptors (Lipinski definition) is 8. The second-order valence-electron chi connectivity index (χ2n) is 9.89. The first kappa shape index (κ1) is 30.9. The van der Waals surface area contributed by atoms with E-state index < -0.39 is 0 Å². The summed E-state index contributed by atoms with van der Waals surface area (Å²) in [5.41, 5.74) is 10.1. The number of carbonyl (C=O) groups excluding carboxylic acids is 1. The third-order valence-electron chi connectivity index (χ3n) is 7.00. The normalized spacial score (nSPS) is 15.9. The Morgan fingerprint density at radius 3 is 2.51 bits per heavy atom. The van der Waals surface area contributed by atoms with Crippen molar-refractivity contribution in [2.75, 3.05) is 12.8 Å². The maximum atomic E-state index is 12.5. The molecule has 222 valence electrons. The molecule has 1 saturated carbocycles. The van der Waals surface area contributed by atoms with E-state index in [1.165, 1.54) is 6.33 Å². The third-order valence-corrected chi connectivity index (χ3v) is 7.00. The highest BCUT2D eigenvalue weighted by Gasteiger charge is 2.28. The van der Waals surface area contributed by atoms with Crippen molar-refractivity contribution in [2.24, 2.45) is 4.99 Å². The van der Waals surface area contributed by atoms with Crippen LogP contribution in [0.3, 0.4) is 0 Å². The van der Waals surface area contributed by atoms with E-state index in [-0.39, 0.29) is 23.8 Å². The number of allylic oxidation sites excluding steroid dienone is 2. The Labute approximate surface area is 250 Å². The number of hydrogen-bond donors (Lipinski definition) is 3. The van der Waals surface area contributed by atoms with E-state index in [4.69, 9.17) is 15.2 Å². The number of para-hydroxylation sites is 1. The number of furan rings is 1. The molecule has 5 aromatic rings. The average Bonchev–Trinajstić information content (AvgIpc) is 3.77. The average molecular weight is 580 g/mol. The van der Waals surface area contributed by atoms with Gasteiger partial charge in [0.2, 0.25) is 0 Å². The smallest absolute Gasteiger partial charge is 0.287 e. The van der Waals surface area contributed by atoms with Gasteiger partial charge >= 0.3 is 0 Å². The van der Waals surface area contributed by atoms with E-state index in [1.54, 1.807) is 31.5 Å². The van der Waals surface area contributed by atoms with Crippen molar-refractivity contribution >= 4 is 39.9 Å². The molecule has 2 unspecified atom stereocenters. The lowest BCUT2D eigenvalue weighted by molar-refractivity contribution is 0.0925. The molecule has 3 heterocycles. The van der Waals surface area contributed by atoms with Crippen molar-refractivity contribution in [3.05, 3.63) is 97.6 Å². The van der Waals surface area contributed by atoms with Crippen molar-refractivity contribution in [2.45, 2.75) is 44.9 Å². The van der Waals surface area contributed by atoms with Crippen LogP contribution in [0.15, 0.2) is 95.6 Å². The Morgan fingerprint density at radius 2 is 1.88 bits per heavy atom. The molecule has 0 spiro atoms. The van der Waals surface area contributed by atoms with Crippen molar-refractivity contribution in [1.82, 2.24) is 25.1 Å². The number of nitrogens with one attached hydrogen (secondary N) is 1. The molecule has 10 heteroatoms. The molecule has 0 bridgehead atoms. The van der Waals surface area contributed by atoms with Gasteiger partial charge in [0.1, 0.15) is 23.4 Å². The van der Waals surface area contributed by atoms with Crippen molar-refractivity contribution in [3.63, 3.8) is 0 Å². The van der Waals surface area contributed by atoms with Gasteiger partial charge in [0.05, 0.1) is 17.5 Å². The SMILES string of the molecule is C=CC=C.CC=NC.Nc1ncnc2c1c(-c1ccc(CNC(=O)c3cc4ccccc4o3)cc1)nn2C1CCC(O)C1. The molecule has 2 aromatic carbocycles. The summed E-state index contributed by atoms with van der Waals surface area (Å²) in [6.07, 6.45) is 8.38. The summed E-state index contributed by atoms with van der Waals surface area (Å²) < 4.78 is 7.51. The molecule has 1 aliphatic rings. The quantitative estimate of drug-likeness (QED) is 0.168. The Bertz CT molecular complexity index is 1680. The fourth-order valence-corrected chi connectivity index (χ4v) is 4.75. The maximum Gasteiger partial charge on any atom is 0.287 e. The van der Waals surface area contributed by atoms with E-state index in [9.17, 15) is 9.90 Å². The monoisotopic (exact) mass is 579 g/mol. The molecule has 1 aliphatic carbocycles. The molecule has 4 N–H and O–H groups in total. The predicted molar refractivity (Wildman–Crippen MR) is 172 cm³/mol. The molecule has 0 aliphatic heterocycles. The number of benzene rings is 2. The van der Waals surface area contributed by atoms with Crippen LogP contribution in [0.1, 0.15) is 48.3 Å². The molecule has 1 amide bonds. The van der Waals surface area contributed by atoms with Gasteiger partial charge in [0, 0.05) is 24.5 Å². The second-order valence-corrected chi connectivity index (χ2v) is 9.89. The number of rotatable bonds is 6. The first-order valence-corrected chi connectivity index (χ1v) is 14.0. The van der Waals surface area contributed by atoms with E-state index in [0.29, 0.717) is 41.1 Å². The van der Waals surface area contributed by atoms with E-state index in [2.05, 4.69) is 33.4 Å². The molecule has 0 radical (unpaired) electrons. The van der Waals surface area contributed by atoms with Crippen molar-refractivity contribution in [3.8, 4) is 11.3 Å². The minimum absolute atomic E-state index is 0.0725. The van der Waals surface area contributed by atoms with Crippen LogP contribution in [0.25, 0.3) is 33.3 Å².